The number of nitrogens with two attached hydrogens (primary N) is 1. The van der Waals surface area contributed by atoms with Crippen LogP contribution in [0.15, 0.2) is 23.2 Å². The third-order valence-corrected chi connectivity index (χ3v) is 3.21. The molecule has 118 valence electrons. The first-order valence-electron chi connectivity index (χ1n) is 7.46. The van der Waals surface area contributed by atoms with Crippen LogP contribution in [0.2, 0.25) is 0 Å². The smallest absolute Gasteiger partial charge is 0.188 e. The second-order valence-corrected chi connectivity index (χ2v) is 4.83. The molecule has 0 saturated carbocycles. The van der Waals surface area contributed by atoms with Crippen molar-refractivity contribution in [1.82, 2.24) is 5.32 Å². The highest BCUT2D eigenvalue weighted by Gasteiger charge is 2.04. The second kappa shape index (κ2) is 9.91. The quantitative estimate of drug-likeness (QED) is 0.416. The van der Waals surface area contributed by atoms with E-state index in [9.17, 15) is 0 Å². The van der Waals surface area contributed by atoms with E-state index in [2.05, 4.69) is 17.2 Å². The average Bonchev–Trinajstić information content (AvgIpc) is 2.51. The molecule has 0 atom stereocenters. The third kappa shape index (κ3) is 6.38. The Hall–Kier alpha value is -1.91. The van der Waals surface area contributed by atoms with Gasteiger partial charge in [0.15, 0.2) is 5.96 Å². The molecular weight excluding hydrogens is 266 g/mol. The Kier molecular flexibility index (Phi) is 8.09. The number of methoxy groups -OCH3 is 2. The van der Waals surface area contributed by atoms with Crippen LogP contribution in [0.5, 0.6) is 11.5 Å². The van der Waals surface area contributed by atoms with E-state index in [1.54, 1.807) is 14.2 Å². The summed E-state index contributed by atoms with van der Waals surface area (Å²) in [4.78, 5) is 4.32. The number of hydrogen-bond acceptors (Lipinski definition) is 3. The molecule has 0 radical (unpaired) electrons. The maximum Gasteiger partial charge on any atom is 0.188 e. The van der Waals surface area contributed by atoms with Gasteiger partial charge in [0.05, 0.1) is 14.2 Å². The fourth-order valence-corrected chi connectivity index (χ4v) is 2.00. The molecule has 0 bridgehead atoms. The number of guanidine groups is 1. The summed E-state index contributed by atoms with van der Waals surface area (Å²) in [6, 6.07) is 5.83. The number of ether oxygens (including phenoxy) is 2. The van der Waals surface area contributed by atoms with Crippen LogP contribution in [0.3, 0.4) is 0 Å². The first-order chi connectivity index (χ1) is 10.2. The summed E-state index contributed by atoms with van der Waals surface area (Å²) in [6.45, 7) is 3.73. The molecule has 0 aliphatic rings. The molecule has 3 N–H and O–H groups in total. The van der Waals surface area contributed by atoms with E-state index in [0.717, 1.165) is 49.3 Å². The molecule has 5 heteroatoms. The van der Waals surface area contributed by atoms with Gasteiger partial charge in [-0.2, -0.15) is 0 Å². The van der Waals surface area contributed by atoms with E-state index in [4.69, 9.17) is 15.2 Å². The van der Waals surface area contributed by atoms with Crippen molar-refractivity contribution >= 4 is 5.96 Å². The summed E-state index contributed by atoms with van der Waals surface area (Å²) >= 11 is 0. The van der Waals surface area contributed by atoms with E-state index < -0.39 is 0 Å². The third-order valence-electron chi connectivity index (χ3n) is 3.21. The predicted octanol–water partition coefficient (Wildman–Crippen LogP) is 2.34. The van der Waals surface area contributed by atoms with Gasteiger partial charge in [0, 0.05) is 13.1 Å². The summed E-state index contributed by atoms with van der Waals surface area (Å²) in [5.74, 6) is 2.25. The molecule has 0 heterocycles. The van der Waals surface area contributed by atoms with Crippen molar-refractivity contribution in [1.29, 1.82) is 0 Å². The molecule has 0 amide bonds. The van der Waals surface area contributed by atoms with E-state index >= 15 is 0 Å². The van der Waals surface area contributed by atoms with Gasteiger partial charge in [0.2, 0.25) is 0 Å². The van der Waals surface area contributed by atoms with Crippen molar-refractivity contribution in [3.05, 3.63) is 23.8 Å². The van der Waals surface area contributed by atoms with E-state index in [1.807, 2.05) is 18.2 Å². The highest BCUT2D eigenvalue weighted by atomic mass is 16.5. The molecule has 0 aliphatic heterocycles. The largest absolute Gasteiger partial charge is 0.497 e. The number of unbranched alkanes of at least 4 members (excludes halogenated alkanes) is 1. The summed E-state index contributed by atoms with van der Waals surface area (Å²) in [7, 11) is 3.34. The van der Waals surface area contributed by atoms with Crippen LogP contribution in [0.25, 0.3) is 0 Å². The molecule has 1 aromatic rings. The first-order valence-corrected chi connectivity index (χ1v) is 7.46. The summed E-state index contributed by atoms with van der Waals surface area (Å²) in [5, 5.41) is 3.11. The van der Waals surface area contributed by atoms with Gasteiger partial charge >= 0.3 is 0 Å². The Bertz CT molecular complexity index is 447. The molecule has 1 rings (SSSR count). The Morgan fingerprint density at radius 2 is 2.05 bits per heavy atom. The Morgan fingerprint density at radius 1 is 1.24 bits per heavy atom. The highest BCUT2D eigenvalue weighted by molar-refractivity contribution is 5.77. The summed E-state index contributed by atoms with van der Waals surface area (Å²) in [6.07, 6.45) is 4.05. The predicted molar refractivity (Wildman–Crippen MR) is 87.3 cm³/mol. The standard InChI is InChI=1S/C16H27N3O2/c1-4-5-10-18-16(17)19-11-6-7-13-12-14(20-2)8-9-15(13)21-3/h8-9,12H,4-7,10-11H2,1-3H3,(H3,17,18,19). The maximum atomic E-state index is 5.79. The van der Waals surface area contributed by atoms with E-state index in [-0.39, 0.29) is 0 Å². The van der Waals surface area contributed by atoms with Crippen molar-refractivity contribution in [3.63, 3.8) is 0 Å². The fourth-order valence-electron chi connectivity index (χ4n) is 2.00. The highest BCUT2D eigenvalue weighted by Crippen LogP contribution is 2.24. The van der Waals surface area contributed by atoms with Crippen molar-refractivity contribution in [2.45, 2.75) is 32.6 Å². The van der Waals surface area contributed by atoms with Gasteiger partial charge in [-0.05, 0) is 43.0 Å². The van der Waals surface area contributed by atoms with Crippen LogP contribution in [-0.4, -0.2) is 33.3 Å². The van der Waals surface area contributed by atoms with E-state index in [1.165, 1.54) is 0 Å². The SMILES string of the molecule is CCCCNC(N)=NCCCc1cc(OC)ccc1OC. The molecule has 0 unspecified atom stereocenters. The van der Waals surface area contributed by atoms with Crippen LogP contribution in [0, 0.1) is 0 Å². The van der Waals surface area contributed by atoms with Crippen molar-refractivity contribution in [2.75, 3.05) is 27.3 Å². The number of hydrogen-bond donors (Lipinski definition) is 2. The lowest BCUT2D eigenvalue weighted by atomic mass is 10.1. The Morgan fingerprint density at radius 3 is 2.71 bits per heavy atom. The normalized spacial score (nSPS) is 11.3. The minimum absolute atomic E-state index is 0.529. The topological polar surface area (TPSA) is 68.9 Å². The zero-order chi connectivity index (χ0) is 15.5. The van der Waals surface area contributed by atoms with Gasteiger partial charge in [-0.1, -0.05) is 13.3 Å². The average molecular weight is 293 g/mol. The summed E-state index contributed by atoms with van der Waals surface area (Å²) in [5.41, 5.74) is 6.92. The number of benzene rings is 1. The lowest BCUT2D eigenvalue weighted by Gasteiger charge is -2.10. The van der Waals surface area contributed by atoms with Crippen LogP contribution in [-0.2, 0) is 6.42 Å². The summed E-state index contributed by atoms with van der Waals surface area (Å²) < 4.78 is 10.6. The minimum atomic E-state index is 0.529. The molecule has 0 saturated heterocycles. The monoisotopic (exact) mass is 293 g/mol. The van der Waals surface area contributed by atoms with Crippen molar-refractivity contribution in [3.8, 4) is 11.5 Å². The Labute approximate surface area is 127 Å². The minimum Gasteiger partial charge on any atom is -0.497 e. The molecule has 0 aromatic heterocycles. The van der Waals surface area contributed by atoms with E-state index in [0.29, 0.717) is 12.5 Å². The number of nitrogens with one attached hydrogen (secondary N) is 1. The number of nitrogens with zero attached hydrogens (tertiary/aromatic N) is 1. The van der Waals surface area contributed by atoms with Gasteiger partial charge in [0.1, 0.15) is 11.5 Å². The van der Waals surface area contributed by atoms with Gasteiger partial charge in [-0.3, -0.25) is 4.99 Å². The lowest BCUT2D eigenvalue weighted by molar-refractivity contribution is 0.398. The molecule has 0 spiro atoms. The van der Waals surface area contributed by atoms with Gasteiger partial charge < -0.3 is 20.5 Å². The maximum absolute atomic E-state index is 5.79. The molecular formula is C16H27N3O2. The fraction of sp³-hybridized carbons (Fsp3) is 0.562. The second-order valence-electron chi connectivity index (χ2n) is 4.83. The molecule has 0 fully saturated rings. The van der Waals surface area contributed by atoms with Crippen LogP contribution in [0.1, 0.15) is 31.7 Å². The van der Waals surface area contributed by atoms with Crippen LogP contribution < -0.4 is 20.5 Å². The number of aliphatic imine (C=N–C) groups is 1. The van der Waals surface area contributed by atoms with Crippen molar-refractivity contribution < 1.29 is 9.47 Å². The van der Waals surface area contributed by atoms with Crippen molar-refractivity contribution in [2.24, 2.45) is 10.7 Å². The number of rotatable bonds is 9. The Balaban J connectivity index is 2.42. The van der Waals surface area contributed by atoms with Crippen LogP contribution in [0.4, 0.5) is 0 Å². The zero-order valence-corrected chi connectivity index (χ0v) is 13.3. The molecule has 5 nitrogen and oxygen atoms in total. The lowest BCUT2D eigenvalue weighted by Crippen LogP contribution is -2.32. The van der Waals surface area contributed by atoms with Gasteiger partial charge in [0.25, 0.3) is 0 Å². The molecule has 0 aliphatic carbocycles. The van der Waals surface area contributed by atoms with Gasteiger partial charge in [-0.15, -0.1) is 0 Å². The van der Waals surface area contributed by atoms with Crippen LogP contribution >= 0.6 is 0 Å². The first kappa shape index (κ1) is 17.1. The van der Waals surface area contributed by atoms with Gasteiger partial charge in [-0.25, -0.2) is 0 Å². The molecule has 1 aromatic carbocycles. The number of aryl methyl sites for hydroxylation is 1. The zero-order valence-electron chi connectivity index (χ0n) is 13.3. The molecule has 21 heavy (non-hydrogen) atoms.